The molecule has 128 valence electrons. The Bertz CT molecular complexity index is 574. The Morgan fingerprint density at radius 3 is 2.50 bits per heavy atom. The van der Waals surface area contributed by atoms with E-state index < -0.39 is 5.92 Å². The van der Waals surface area contributed by atoms with Gasteiger partial charge in [0.2, 0.25) is 11.8 Å². The average Bonchev–Trinajstić information content (AvgIpc) is 2.62. The zero-order valence-electron chi connectivity index (χ0n) is 14.0. The van der Waals surface area contributed by atoms with Crippen molar-refractivity contribution in [1.82, 2.24) is 5.32 Å². The van der Waals surface area contributed by atoms with Crippen LogP contribution in [-0.4, -0.2) is 18.4 Å². The number of carbonyl (C=O) groups is 2. The predicted octanol–water partition coefficient (Wildman–Crippen LogP) is 3.24. The quantitative estimate of drug-likeness (QED) is 0.596. The normalized spacial score (nSPS) is 16.0. The van der Waals surface area contributed by atoms with Crippen LogP contribution in [0.15, 0.2) is 30.3 Å². The van der Waals surface area contributed by atoms with Gasteiger partial charge in [0, 0.05) is 5.69 Å². The van der Waals surface area contributed by atoms with Crippen LogP contribution in [0.3, 0.4) is 0 Å². The van der Waals surface area contributed by atoms with Gasteiger partial charge in [-0.05, 0) is 30.9 Å². The third-order valence-electron chi connectivity index (χ3n) is 4.60. The maximum Gasteiger partial charge on any atom is 0.236 e. The molecule has 0 heterocycles. The number of carbonyl (C=O) groups excluding carboxylic acids is 2. The van der Waals surface area contributed by atoms with Gasteiger partial charge in [-0.25, -0.2) is 0 Å². The fourth-order valence-corrected chi connectivity index (χ4v) is 3.26. The molecule has 24 heavy (non-hydrogen) atoms. The predicted molar refractivity (Wildman–Crippen MR) is 93.0 cm³/mol. The molecule has 5 heteroatoms. The summed E-state index contributed by atoms with van der Waals surface area (Å²) < 4.78 is 0. The second-order valence-corrected chi connectivity index (χ2v) is 6.37. The molecule has 5 nitrogen and oxygen atoms in total. The van der Waals surface area contributed by atoms with Gasteiger partial charge in [0.1, 0.15) is 12.5 Å². The number of nitrogens with zero attached hydrogens (tertiary/aromatic N) is 1. The van der Waals surface area contributed by atoms with E-state index in [9.17, 15) is 9.59 Å². The molecule has 1 aromatic carbocycles. The molecule has 1 unspecified atom stereocenters. The van der Waals surface area contributed by atoms with E-state index in [1.165, 1.54) is 32.1 Å². The number of amides is 2. The van der Waals surface area contributed by atoms with E-state index >= 15 is 0 Å². The molecule has 0 radical (unpaired) electrons. The average molecular weight is 327 g/mol. The summed E-state index contributed by atoms with van der Waals surface area (Å²) in [6.07, 6.45) is 7.56. The molecule has 1 saturated carbocycles. The molecule has 1 aliphatic carbocycles. The highest BCUT2D eigenvalue weighted by molar-refractivity contribution is 6.06. The van der Waals surface area contributed by atoms with Gasteiger partial charge in [-0.2, -0.15) is 5.26 Å². The second-order valence-electron chi connectivity index (χ2n) is 6.37. The van der Waals surface area contributed by atoms with E-state index in [1.54, 1.807) is 12.1 Å². The Balaban J connectivity index is 1.96. The van der Waals surface area contributed by atoms with Crippen LogP contribution in [0, 0.1) is 23.2 Å². The SMILES string of the molecule is N#CCNC(=O)C(CCC1CCCCC1)C(=O)Nc1ccccc1. The molecule has 0 aromatic heterocycles. The third kappa shape index (κ3) is 5.69. The first kappa shape index (κ1) is 18.0. The first-order valence-corrected chi connectivity index (χ1v) is 8.71. The van der Waals surface area contributed by atoms with Crippen molar-refractivity contribution in [3.8, 4) is 6.07 Å². The lowest BCUT2D eigenvalue weighted by Gasteiger charge is -2.23. The Morgan fingerprint density at radius 2 is 1.83 bits per heavy atom. The third-order valence-corrected chi connectivity index (χ3v) is 4.60. The van der Waals surface area contributed by atoms with E-state index in [4.69, 9.17) is 5.26 Å². The largest absolute Gasteiger partial charge is 0.342 e. The Labute approximate surface area is 143 Å². The monoisotopic (exact) mass is 327 g/mol. The van der Waals surface area contributed by atoms with Crippen molar-refractivity contribution in [3.63, 3.8) is 0 Å². The zero-order valence-corrected chi connectivity index (χ0v) is 14.0. The minimum Gasteiger partial charge on any atom is -0.342 e. The molecule has 2 N–H and O–H groups in total. The number of hydrogen-bond acceptors (Lipinski definition) is 3. The lowest BCUT2D eigenvalue weighted by molar-refractivity contribution is -0.132. The maximum atomic E-state index is 12.5. The fraction of sp³-hybridized carbons (Fsp3) is 0.526. The lowest BCUT2D eigenvalue weighted by atomic mass is 9.84. The van der Waals surface area contributed by atoms with Crippen LogP contribution in [0.4, 0.5) is 5.69 Å². The summed E-state index contributed by atoms with van der Waals surface area (Å²) in [5.41, 5.74) is 0.679. The van der Waals surface area contributed by atoms with Crippen LogP contribution in [-0.2, 0) is 9.59 Å². The molecule has 0 aliphatic heterocycles. The van der Waals surface area contributed by atoms with E-state index in [0.717, 1.165) is 6.42 Å². The van der Waals surface area contributed by atoms with Crippen molar-refractivity contribution < 1.29 is 9.59 Å². The highest BCUT2D eigenvalue weighted by atomic mass is 16.2. The van der Waals surface area contributed by atoms with E-state index in [-0.39, 0.29) is 18.4 Å². The number of nitriles is 1. The molecule has 1 atom stereocenters. The molecule has 2 rings (SSSR count). The van der Waals surface area contributed by atoms with Crippen molar-refractivity contribution >= 4 is 17.5 Å². The summed E-state index contributed by atoms with van der Waals surface area (Å²) in [5, 5.41) is 14.0. The van der Waals surface area contributed by atoms with Gasteiger partial charge in [0.05, 0.1) is 6.07 Å². The van der Waals surface area contributed by atoms with E-state index in [0.29, 0.717) is 18.0 Å². The second kappa shape index (κ2) is 9.71. The fourth-order valence-electron chi connectivity index (χ4n) is 3.26. The molecule has 0 spiro atoms. The van der Waals surface area contributed by atoms with Crippen molar-refractivity contribution in [2.45, 2.75) is 44.9 Å². The van der Waals surface area contributed by atoms with Crippen LogP contribution in [0.5, 0.6) is 0 Å². The summed E-state index contributed by atoms with van der Waals surface area (Å²) in [7, 11) is 0. The van der Waals surface area contributed by atoms with E-state index in [2.05, 4.69) is 10.6 Å². The topological polar surface area (TPSA) is 82.0 Å². The smallest absolute Gasteiger partial charge is 0.236 e. The Morgan fingerprint density at radius 1 is 1.12 bits per heavy atom. The number of rotatable bonds is 7. The van der Waals surface area contributed by atoms with Gasteiger partial charge < -0.3 is 10.6 Å². The number of anilines is 1. The highest BCUT2D eigenvalue weighted by Crippen LogP contribution is 2.29. The number of nitrogens with one attached hydrogen (secondary N) is 2. The minimum atomic E-state index is -0.750. The highest BCUT2D eigenvalue weighted by Gasteiger charge is 2.27. The van der Waals surface area contributed by atoms with Gasteiger partial charge in [-0.15, -0.1) is 0 Å². The van der Waals surface area contributed by atoms with Gasteiger partial charge in [0.15, 0.2) is 0 Å². The van der Waals surface area contributed by atoms with Gasteiger partial charge >= 0.3 is 0 Å². The van der Waals surface area contributed by atoms with Crippen LogP contribution in [0.2, 0.25) is 0 Å². The molecule has 1 fully saturated rings. The van der Waals surface area contributed by atoms with Crippen LogP contribution in [0.25, 0.3) is 0 Å². The molecular weight excluding hydrogens is 302 g/mol. The summed E-state index contributed by atoms with van der Waals surface area (Å²) in [5.74, 6) is -0.803. The molecule has 1 aliphatic rings. The molecular formula is C19H25N3O2. The first-order valence-electron chi connectivity index (χ1n) is 8.71. The maximum absolute atomic E-state index is 12.5. The summed E-state index contributed by atoms with van der Waals surface area (Å²) in [6, 6.07) is 11.0. The minimum absolute atomic E-state index is 0.0720. The molecule has 1 aromatic rings. The number of para-hydroxylation sites is 1. The first-order chi connectivity index (χ1) is 11.7. The van der Waals surface area contributed by atoms with Crippen molar-refractivity contribution in [2.75, 3.05) is 11.9 Å². The van der Waals surface area contributed by atoms with E-state index in [1.807, 2.05) is 24.3 Å². The van der Waals surface area contributed by atoms with Crippen LogP contribution in [0.1, 0.15) is 44.9 Å². The summed E-state index contributed by atoms with van der Waals surface area (Å²) in [4.78, 5) is 24.8. The van der Waals surface area contributed by atoms with Crippen LogP contribution >= 0.6 is 0 Å². The number of hydrogen-bond donors (Lipinski definition) is 2. The van der Waals surface area contributed by atoms with Crippen LogP contribution < -0.4 is 10.6 Å². The van der Waals surface area contributed by atoms with Gasteiger partial charge in [0.25, 0.3) is 0 Å². The molecule has 0 bridgehead atoms. The number of benzene rings is 1. The lowest BCUT2D eigenvalue weighted by Crippen LogP contribution is -2.38. The Kier molecular flexibility index (Phi) is 7.28. The van der Waals surface area contributed by atoms with Crippen molar-refractivity contribution in [2.24, 2.45) is 11.8 Å². The molecule has 0 saturated heterocycles. The standard InChI is InChI=1S/C19H25N3O2/c20-13-14-21-18(23)17(12-11-15-7-3-1-4-8-15)19(24)22-16-9-5-2-6-10-16/h2,5-6,9-10,15,17H,1,3-4,7-8,11-12,14H2,(H,21,23)(H,22,24). The van der Waals surface area contributed by atoms with Gasteiger partial charge in [-0.3, -0.25) is 9.59 Å². The van der Waals surface area contributed by atoms with Crippen molar-refractivity contribution in [1.29, 1.82) is 5.26 Å². The molecule has 2 amide bonds. The van der Waals surface area contributed by atoms with Crippen molar-refractivity contribution in [3.05, 3.63) is 30.3 Å². The zero-order chi connectivity index (χ0) is 17.2. The Hall–Kier alpha value is -2.35. The summed E-state index contributed by atoms with van der Waals surface area (Å²) >= 11 is 0. The summed E-state index contributed by atoms with van der Waals surface area (Å²) in [6.45, 7) is -0.0720. The van der Waals surface area contributed by atoms with Gasteiger partial charge in [-0.1, -0.05) is 50.3 Å².